The van der Waals surface area contributed by atoms with Gasteiger partial charge in [0, 0.05) is 31.3 Å². The van der Waals surface area contributed by atoms with Gasteiger partial charge in [-0.15, -0.1) is 0 Å². The van der Waals surface area contributed by atoms with E-state index in [9.17, 15) is 4.79 Å². The van der Waals surface area contributed by atoms with Gasteiger partial charge in [0.05, 0.1) is 7.11 Å². The van der Waals surface area contributed by atoms with E-state index in [0.29, 0.717) is 6.42 Å². The summed E-state index contributed by atoms with van der Waals surface area (Å²) in [7, 11) is 1.70. The molecule has 106 valence electrons. The lowest BCUT2D eigenvalue weighted by Gasteiger charge is -2.25. The second-order valence-electron chi connectivity index (χ2n) is 4.95. The van der Waals surface area contributed by atoms with Crippen LogP contribution in [0, 0.1) is 6.92 Å². The van der Waals surface area contributed by atoms with Crippen LogP contribution in [0.5, 0.6) is 5.75 Å². The molecule has 1 aromatic carbocycles. The second-order valence-corrected chi connectivity index (χ2v) is 4.95. The lowest BCUT2D eigenvalue weighted by Crippen LogP contribution is -2.25. The van der Waals surface area contributed by atoms with Crippen LogP contribution in [0.1, 0.15) is 38.7 Å². The van der Waals surface area contributed by atoms with Crippen molar-refractivity contribution < 1.29 is 9.53 Å². The normalized spacial score (nSPS) is 10.3. The zero-order valence-corrected chi connectivity index (χ0v) is 12.5. The molecule has 0 heterocycles. The van der Waals surface area contributed by atoms with Crippen LogP contribution in [0.4, 0.5) is 5.69 Å². The molecular formula is C16H25NO2. The SMILES string of the molecule is CCCN(CCCC(C)=O)c1ccc(C)c(OC)c1. The topological polar surface area (TPSA) is 29.5 Å². The first-order valence-electron chi connectivity index (χ1n) is 6.97. The number of aryl methyl sites for hydroxylation is 1. The summed E-state index contributed by atoms with van der Waals surface area (Å²) < 4.78 is 5.38. The van der Waals surface area contributed by atoms with E-state index < -0.39 is 0 Å². The predicted octanol–water partition coefficient (Wildman–Crippen LogP) is 3.59. The van der Waals surface area contributed by atoms with Gasteiger partial charge in [-0.1, -0.05) is 13.0 Å². The van der Waals surface area contributed by atoms with Crippen molar-refractivity contribution in [2.24, 2.45) is 0 Å². The molecular weight excluding hydrogens is 238 g/mol. The molecule has 0 atom stereocenters. The summed E-state index contributed by atoms with van der Waals surface area (Å²) in [6.45, 7) is 7.79. The molecule has 0 spiro atoms. The van der Waals surface area contributed by atoms with Gasteiger partial charge in [-0.2, -0.15) is 0 Å². The number of ketones is 1. The van der Waals surface area contributed by atoms with Gasteiger partial charge in [-0.05, 0) is 38.3 Å². The highest BCUT2D eigenvalue weighted by atomic mass is 16.5. The molecule has 0 fully saturated rings. The molecule has 0 saturated carbocycles. The van der Waals surface area contributed by atoms with E-state index in [1.807, 2.05) is 6.92 Å². The van der Waals surface area contributed by atoms with E-state index in [1.165, 1.54) is 5.69 Å². The van der Waals surface area contributed by atoms with Crippen molar-refractivity contribution in [1.82, 2.24) is 0 Å². The van der Waals surface area contributed by atoms with E-state index in [0.717, 1.165) is 37.2 Å². The molecule has 0 unspecified atom stereocenters. The van der Waals surface area contributed by atoms with Crippen molar-refractivity contribution in [2.45, 2.75) is 40.0 Å². The molecule has 0 radical (unpaired) electrons. The van der Waals surface area contributed by atoms with E-state index >= 15 is 0 Å². The van der Waals surface area contributed by atoms with Gasteiger partial charge < -0.3 is 14.4 Å². The van der Waals surface area contributed by atoms with Crippen molar-refractivity contribution in [2.75, 3.05) is 25.1 Å². The van der Waals surface area contributed by atoms with E-state index in [2.05, 4.69) is 30.0 Å². The Balaban J connectivity index is 2.77. The maximum atomic E-state index is 11.0. The number of hydrogen-bond acceptors (Lipinski definition) is 3. The van der Waals surface area contributed by atoms with E-state index in [-0.39, 0.29) is 5.78 Å². The summed E-state index contributed by atoms with van der Waals surface area (Å²) in [5.41, 5.74) is 2.32. The van der Waals surface area contributed by atoms with E-state index in [1.54, 1.807) is 14.0 Å². The first-order valence-corrected chi connectivity index (χ1v) is 6.97. The Morgan fingerprint density at radius 1 is 1.32 bits per heavy atom. The minimum Gasteiger partial charge on any atom is -0.496 e. The number of nitrogens with zero attached hydrogens (tertiary/aromatic N) is 1. The molecule has 0 saturated heterocycles. The Morgan fingerprint density at radius 2 is 2.05 bits per heavy atom. The van der Waals surface area contributed by atoms with Gasteiger partial charge in [0.1, 0.15) is 11.5 Å². The minimum absolute atomic E-state index is 0.262. The molecule has 0 aliphatic rings. The maximum absolute atomic E-state index is 11.0. The number of carbonyl (C=O) groups is 1. The van der Waals surface area contributed by atoms with Gasteiger partial charge in [0.15, 0.2) is 0 Å². The van der Waals surface area contributed by atoms with Gasteiger partial charge in [-0.3, -0.25) is 0 Å². The number of methoxy groups -OCH3 is 1. The number of rotatable bonds is 8. The van der Waals surface area contributed by atoms with Crippen LogP contribution in [-0.4, -0.2) is 26.0 Å². The molecule has 3 heteroatoms. The largest absolute Gasteiger partial charge is 0.496 e. The predicted molar refractivity (Wildman–Crippen MR) is 80.2 cm³/mol. The third-order valence-corrected chi connectivity index (χ3v) is 3.21. The van der Waals surface area contributed by atoms with Crippen LogP contribution < -0.4 is 9.64 Å². The quantitative estimate of drug-likeness (QED) is 0.718. The van der Waals surface area contributed by atoms with Crippen molar-refractivity contribution >= 4 is 11.5 Å². The Labute approximate surface area is 116 Å². The summed E-state index contributed by atoms with van der Waals surface area (Å²) in [6.07, 6.45) is 2.66. The second kappa shape index (κ2) is 7.82. The molecule has 3 nitrogen and oxygen atoms in total. The lowest BCUT2D eigenvalue weighted by atomic mass is 10.1. The Bertz CT molecular complexity index is 415. The molecule has 0 aliphatic carbocycles. The third-order valence-electron chi connectivity index (χ3n) is 3.21. The molecule has 0 bridgehead atoms. The molecule has 0 aromatic heterocycles. The van der Waals surface area contributed by atoms with Crippen molar-refractivity contribution in [3.8, 4) is 5.75 Å². The van der Waals surface area contributed by atoms with E-state index in [4.69, 9.17) is 4.74 Å². The summed E-state index contributed by atoms with van der Waals surface area (Å²) >= 11 is 0. The maximum Gasteiger partial charge on any atom is 0.129 e. The monoisotopic (exact) mass is 263 g/mol. The molecule has 0 aliphatic heterocycles. The van der Waals surface area contributed by atoms with Crippen LogP contribution in [0.3, 0.4) is 0 Å². The zero-order valence-electron chi connectivity index (χ0n) is 12.5. The smallest absolute Gasteiger partial charge is 0.129 e. The zero-order chi connectivity index (χ0) is 14.3. The van der Waals surface area contributed by atoms with Gasteiger partial charge in [-0.25, -0.2) is 0 Å². The number of ether oxygens (including phenoxy) is 1. The number of benzene rings is 1. The Kier molecular flexibility index (Phi) is 6.40. The standard InChI is InChI=1S/C16H25NO2/c1-5-10-17(11-6-7-14(3)18)15-9-8-13(2)16(12-15)19-4/h8-9,12H,5-7,10-11H2,1-4H3. The van der Waals surface area contributed by atoms with Gasteiger partial charge in [0.2, 0.25) is 0 Å². The van der Waals surface area contributed by atoms with Gasteiger partial charge in [0.25, 0.3) is 0 Å². The summed E-state index contributed by atoms with van der Waals surface area (Å²) in [6, 6.07) is 6.29. The highest BCUT2D eigenvalue weighted by Crippen LogP contribution is 2.25. The Morgan fingerprint density at radius 3 is 2.63 bits per heavy atom. The van der Waals surface area contributed by atoms with Crippen molar-refractivity contribution in [3.63, 3.8) is 0 Å². The molecule has 1 rings (SSSR count). The summed E-state index contributed by atoms with van der Waals surface area (Å²) in [5.74, 6) is 1.18. The van der Waals surface area contributed by atoms with Crippen molar-refractivity contribution in [3.05, 3.63) is 23.8 Å². The number of hydrogen-bond donors (Lipinski definition) is 0. The highest BCUT2D eigenvalue weighted by Gasteiger charge is 2.08. The fourth-order valence-electron chi connectivity index (χ4n) is 2.16. The summed E-state index contributed by atoms with van der Waals surface area (Å²) in [4.78, 5) is 13.4. The average molecular weight is 263 g/mol. The number of Topliss-reactive ketones (excluding diaryl/α,β-unsaturated/α-hetero) is 1. The molecule has 0 N–H and O–H groups in total. The lowest BCUT2D eigenvalue weighted by molar-refractivity contribution is -0.117. The van der Waals surface area contributed by atoms with Crippen LogP contribution in [-0.2, 0) is 4.79 Å². The molecule has 1 aromatic rings. The average Bonchev–Trinajstić information content (AvgIpc) is 2.38. The Hall–Kier alpha value is -1.51. The summed E-state index contributed by atoms with van der Waals surface area (Å²) in [5, 5.41) is 0. The third kappa shape index (κ3) is 4.93. The highest BCUT2D eigenvalue weighted by molar-refractivity contribution is 5.75. The fourth-order valence-corrected chi connectivity index (χ4v) is 2.16. The first kappa shape index (κ1) is 15.5. The molecule has 0 amide bonds. The minimum atomic E-state index is 0.262. The number of carbonyl (C=O) groups excluding carboxylic acids is 1. The molecule has 19 heavy (non-hydrogen) atoms. The number of anilines is 1. The fraction of sp³-hybridized carbons (Fsp3) is 0.562. The van der Waals surface area contributed by atoms with Crippen LogP contribution in [0.25, 0.3) is 0 Å². The van der Waals surface area contributed by atoms with Crippen LogP contribution >= 0.6 is 0 Å². The van der Waals surface area contributed by atoms with Gasteiger partial charge >= 0.3 is 0 Å². The first-order chi connectivity index (χ1) is 9.08. The van der Waals surface area contributed by atoms with Crippen molar-refractivity contribution in [1.29, 1.82) is 0 Å². The van der Waals surface area contributed by atoms with Crippen LogP contribution in [0.15, 0.2) is 18.2 Å². The van der Waals surface area contributed by atoms with Crippen LogP contribution in [0.2, 0.25) is 0 Å².